The number of alkyl halides is 3. The summed E-state index contributed by atoms with van der Waals surface area (Å²) in [6.07, 6.45) is -1.89. The van der Waals surface area contributed by atoms with Crippen molar-refractivity contribution < 1.29 is 22.4 Å². The molecule has 0 bridgehead atoms. The van der Waals surface area contributed by atoms with Crippen LogP contribution in [0.3, 0.4) is 0 Å². The number of carbonyl (C=O) groups excluding carboxylic acids is 1. The summed E-state index contributed by atoms with van der Waals surface area (Å²) in [5, 5.41) is 5.88. The number of thiazole rings is 1. The molecule has 0 radical (unpaired) electrons. The quantitative estimate of drug-likeness (QED) is 0.676. The van der Waals surface area contributed by atoms with E-state index < -0.39 is 29.0 Å². The number of nitrogen functional groups attached to an aromatic ring is 1. The SMILES string of the molecule is Cn1cc(NC(=O)c2nc(-c3c(F)cccc3C(F)(F)F)sc2N)cn1. The van der Waals surface area contributed by atoms with Gasteiger partial charge in [0, 0.05) is 13.2 Å². The van der Waals surface area contributed by atoms with Crippen LogP contribution in [0, 0.1) is 5.82 Å². The normalized spacial score (nSPS) is 11.6. The van der Waals surface area contributed by atoms with Crippen LogP contribution in [0.15, 0.2) is 30.6 Å². The van der Waals surface area contributed by atoms with Crippen molar-refractivity contribution >= 4 is 27.9 Å². The third kappa shape index (κ3) is 3.38. The van der Waals surface area contributed by atoms with E-state index in [2.05, 4.69) is 15.4 Å². The number of halogens is 4. The molecule has 0 fully saturated rings. The van der Waals surface area contributed by atoms with Crippen LogP contribution in [-0.2, 0) is 13.2 Å². The minimum atomic E-state index is -4.78. The first kappa shape index (κ1) is 17.9. The first-order chi connectivity index (χ1) is 12.2. The number of anilines is 2. The fraction of sp³-hybridized carbons (Fsp3) is 0.133. The number of aromatic nitrogens is 3. The molecule has 6 nitrogen and oxygen atoms in total. The average molecular weight is 385 g/mol. The maximum atomic E-state index is 14.1. The van der Waals surface area contributed by atoms with Crippen LogP contribution in [0.2, 0.25) is 0 Å². The Bertz CT molecular complexity index is 979. The van der Waals surface area contributed by atoms with E-state index in [9.17, 15) is 22.4 Å². The minimum absolute atomic E-state index is 0.127. The number of hydrogen-bond donors (Lipinski definition) is 2. The first-order valence-corrected chi connectivity index (χ1v) is 7.91. The highest BCUT2D eigenvalue weighted by Crippen LogP contribution is 2.41. The lowest BCUT2D eigenvalue weighted by Gasteiger charge is -2.11. The molecule has 0 aliphatic carbocycles. The van der Waals surface area contributed by atoms with E-state index in [0.29, 0.717) is 17.0 Å². The highest BCUT2D eigenvalue weighted by Gasteiger charge is 2.36. The van der Waals surface area contributed by atoms with Crippen LogP contribution in [0.25, 0.3) is 10.6 Å². The zero-order valence-corrected chi connectivity index (χ0v) is 14.0. The Morgan fingerprint density at radius 1 is 1.35 bits per heavy atom. The summed E-state index contributed by atoms with van der Waals surface area (Å²) in [6.45, 7) is 0. The number of carbonyl (C=O) groups is 1. The third-order valence-corrected chi connectivity index (χ3v) is 4.27. The van der Waals surface area contributed by atoms with Gasteiger partial charge in [0.25, 0.3) is 5.91 Å². The Hall–Kier alpha value is -2.95. The zero-order valence-electron chi connectivity index (χ0n) is 13.1. The van der Waals surface area contributed by atoms with Gasteiger partial charge >= 0.3 is 6.18 Å². The fourth-order valence-corrected chi connectivity index (χ4v) is 3.15. The van der Waals surface area contributed by atoms with E-state index >= 15 is 0 Å². The van der Waals surface area contributed by atoms with E-state index in [1.807, 2.05) is 0 Å². The highest BCUT2D eigenvalue weighted by atomic mass is 32.1. The number of amides is 1. The second-order valence-electron chi connectivity index (χ2n) is 5.25. The molecule has 26 heavy (non-hydrogen) atoms. The van der Waals surface area contributed by atoms with E-state index in [4.69, 9.17) is 5.73 Å². The van der Waals surface area contributed by atoms with Crippen LogP contribution in [0.5, 0.6) is 0 Å². The van der Waals surface area contributed by atoms with Gasteiger partial charge in [-0.05, 0) is 12.1 Å². The molecule has 2 aromatic heterocycles. The number of nitrogens with one attached hydrogen (secondary N) is 1. The highest BCUT2D eigenvalue weighted by molar-refractivity contribution is 7.19. The van der Waals surface area contributed by atoms with E-state index in [-0.39, 0.29) is 15.7 Å². The van der Waals surface area contributed by atoms with Gasteiger partial charge in [-0.15, -0.1) is 0 Å². The molecule has 0 atom stereocenters. The van der Waals surface area contributed by atoms with Crippen LogP contribution >= 0.6 is 11.3 Å². The summed E-state index contributed by atoms with van der Waals surface area (Å²) in [5.74, 6) is -1.84. The number of nitrogens with zero attached hydrogens (tertiary/aromatic N) is 3. The average Bonchev–Trinajstić information content (AvgIpc) is 3.12. The number of hydrogen-bond acceptors (Lipinski definition) is 5. The minimum Gasteiger partial charge on any atom is -0.389 e. The van der Waals surface area contributed by atoms with E-state index in [0.717, 1.165) is 18.2 Å². The Morgan fingerprint density at radius 3 is 2.69 bits per heavy atom. The lowest BCUT2D eigenvalue weighted by atomic mass is 10.1. The molecular formula is C15H11F4N5OS. The van der Waals surface area contributed by atoms with Crippen molar-refractivity contribution in [2.75, 3.05) is 11.1 Å². The summed E-state index contributed by atoms with van der Waals surface area (Å²) in [5.41, 5.74) is 3.86. The van der Waals surface area contributed by atoms with Crippen molar-refractivity contribution in [2.24, 2.45) is 7.05 Å². The molecular weight excluding hydrogens is 374 g/mol. The lowest BCUT2D eigenvalue weighted by Crippen LogP contribution is -2.14. The molecule has 1 aromatic carbocycles. The van der Waals surface area contributed by atoms with Gasteiger partial charge < -0.3 is 11.1 Å². The van der Waals surface area contributed by atoms with Crippen LogP contribution in [0.4, 0.5) is 28.3 Å². The van der Waals surface area contributed by atoms with Crippen molar-refractivity contribution in [1.82, 2.24) is 14.8 Å². The van der Waals surface area contributed by atoms with Crippen LogP contribution in [0.1, 0.15) is 16.1 Å². The Morgan fingerprint density at radius 2 is 2.08 bits per heavy atom. The molecule has 3 N–H and O–H groups in total. The molecule has 1 amide bonds. The summed E-state index contributed by atoms with van der Waals surface area (Å²) >= 11 is 0.601. The second-order valence-corrected chi connectivity index (χ2v) is 6.28. The molecule has 0 unspecified atom stereocenters. The maximum absolute atomic E-state index is 14.1. The van der Waals surface area contributed by atoms with E-state index in [1.54, 1.807) is 7.05 Å². The fourth-order valence-electron chi connectivity index (χ4n) is 2.26. The third-order valence-electron chi connectivity index (χ3n) is 3.36. The van der Waals surface area contributed by atoms with Gasteiger partial charge in [-0.25, -0.2) is 9.37 Å². The van der Waals surface area contributed by atoms with Crippen LogP contribution < -0.4 is 11.1 Å². The molecule has 0 spiro atoms. The van der Waals surface area contributed by atoms with Gasteiger partial charge in [0.05, 0.1) is 23.0 Å². The second kappa shape index (κ2) is 6.41. The molecule has 2 heterocycles. The lowest BCUT2D eigenvalue weighted by molar-refractivity contribution is -0.137. The van der Waals surface area contributed by atoms with Crippen molar-refractivity contribution in [1.29, 1.82) is 0 Å². The summed E-state index contributed by atoms with van der Waals surface area (Å²) < 4.78 is 55.0. The predicted molar refractivity (Wildman–Crippen MR) is 88.1 cm³/mol. The van der Waals surface area contributed by atoms with Crippen molar-refractivity contribution in [2.45, 2.75) is 6.18 Å². The smallest absolute Gasteiger partial charge is 0.389 e. The van der Waals surface area contributed by atoms with Gasteiger partial charge in [-0.3, -0.25) is 9.48 Å². The monoisotopic (exact) mass is 385 g/mol. The van der Waals surface area contributed by atoms with Crippen molar-refractivity contribution in [3.8, 4) is 10.6 Å². The Balaban J connectivity index is 2.00. The Kier molecular flexibility index (Phi) is 4.40. The predicted octanol–water partition coefficient (Wildman–Crippen LogP) is 3.54. The molecule has 3 aromatic rings. The van der Waals surface area contributed by atoms with E-state index in [1.165, 1.54) is 17.1 Å². The molecule has 11 heteroatoms. The van der Waals surface area contributed by atoms with Gasteiger partial charge in [0.2, 0.25) is 0 Å². The standard InChI is InChI=1S/C15H11F4N5OS/c1-24-6-7(5-21-24)22-13(25)11-12(20)26-14(23-11)10-8(15(17,18)19)3-2-4-9(10)16/h2-6H,20H2,1H3,(H,22,25). The first-order valence-electron chi connectivity index (χ1n) is 7.09. The molecule has 0 saturated heterocycles. The van der Waals surface area contributed by atoms with Crippen molar-refractivity contribution in [3.63, 3.8) is 0 Å². The molecule has 0 aliphatic rings. The number of nitrogens with two attached hydrogens (primary N) is 1. The maximum Gasteiger partial charge on any atom is 0.417 e. The summed E-state index contributed by atoms with van der Waals surface area (Å²) in [7, 11) is 1.64. The molecule has 3 rings (SSSR count). The van der Waals surface area contributed by atoms with Gasteiger partial charge in [0.15, 0.2) is 5.69 Å². The topological polar surface area (TPSA) is 85.8 Å². The molecule has 136 valence electrons. The molecule has 0 aliphatic heterocycles. The van der Waals surface area contributed by atoms with Crippen LogP contribution in [-0.4, -0.2) is 20.7 Å². The van der Waals surface area contributed by atoms with Gasteiger partial charge in [-0.1, -0.05) is 17.4 Å². The largest absolute Gasteiger partial charge is 0.417 e. The van der Waals surface area contributed by atoms with Gasteiger partial charge in [-0.2, -0.15) is 18.3 Å². The molecule has 0 saturated carbocycles. The summed E-state index contributed by atoms with van der Waals surface area (Å²) in [4.78, 5) is 16.1. The van der Waals surface area contributed by atoms with Gasteiger partial charge in [0.1, 0.15) is 15.8 Å². The number of aryl methyl sites for hydroxylation is 1. The summed E-state index contributed by atoms with van der Waals surface area (Å²) in [6, 6.07) is 2.58. The number of rotatable bonds is 3. The zero-order chi connectivity index (χ0) is 19.1. The number of benzene rings is 1. The Labute approximate surface area is 148 Å². The van der Waals surface area contributed by atoms with Crippen molar-refractivity contribution in [3.05, 3.63) is 47.7 Å².